The van der Waals surface area contributed by atoms with E-state index in [0.29, 0.717) is 17.1 Å². The van der Waals surface area contributed by atoms with Gasteiger partial charge in [-0.1, -0.05) is 23.8 Å². The first-order valence-corrected chi connectivity index (χ1v) is 6.65. The first-order chi connectivity index (χ1) is 8.31. The monoisotopic (exact) mass is 249 g/mol. The Labute approximate surface area is 106 Å². The Kier molecular flexibility index (Phi) is 3.02. The Bertz CT molecular complexity index is 440. The van der Waals surface area contributed by atoms with Crippen LogP contribution in [0.25, 0.3) is 0 Å². The van der Waals surface area contributed by atoms with Gasteiger partial charge in [-0.15, -0.1) is 0 Å². The molecule has 1 aromatic heterocycles. The SMILES string of the molecule is Clc1cc(NC2CC=CCC2)nc(C2CC2)n1. The minimum atomic E-state index is 0.484. The van der Waals surface area contributed by atoms with Gasteiger partial charge < -0.3 is 5.32 Å². The highest BCUT2D eigenvalue weighted by Gasteiger charge is 2.27. The number of allylic oxidation sites excluding steroid dienone is 1. The summed E-state index contributed by atoms with van der Waals surface area (Å²) in [6.07, 6.45) is 10.2. The van der Waals surface area contributed by atoms with Crippen LogP contribution >= 0.6 is 11.6 Å². The average molecular weight is 250 g/mol. The van der Waals surface area contributed by atoms with Crippen LogP contribution in [-0.4, -0.2) is 16.0 Å². The molecule has 0 radical (unpaired) electrons. The lowest BCUT2D eigenvalue weighted by Crippen LogP contribution is -2.21. The van der Waals surface area contributed by atoms with Crippen molar-refractivity contribution in [3.63, 3.8) is 0 Å². The smallest absolute Gasteiger partial charge is 0.135 e. The predicted octanol–water partition coefficient (Wildman–Crippen LogP) is 3.53. The molecule has 0 aliphatic heterocycles. The minimum Gasteiger partial charge on any atom is -0.367 e. The predicted molar refractivity (Wildman–Crippen MR) is 69.4 cm³/mol. The second kappa shape index (κ2) is 4.65. The molecule has 1 fully saturated rings. The molecular weight excluding hydrogens is 234 g/mol. The van der Waals surface area contributed by atoms with E-state index in [1.165, 1.54) is 12.8 Å². The highest BCUT2D eigenvalue weighted by Crippen LogP contribution is 2.38. The van der Waals surface area contributed by atoms with E-state index in [0.717, 1.165) is 30.9 Å². The maximum Gasteiger partial charge on any atom is 0.135 e. The molecule has 1 atom stereocenters. The van der Waals surface area contributed by atoms with Crippen molar-refractivity contribution >= 4 is 17.4 Å². The van der Waals surface area contributed by atoms with E-state index < -0.39 is 0 Å². The van der Waals surface area contributed by atoms with Crippen molar-refractivity contribution in [2.75, 3.05) is 5.32 Å². The second-order valence-corrected chi connectivity index (χ2v) is 5.22. The molecule has 1 unspecified atom stereocenters. The lowest BCUT2D eigenvalue weighted by atomic mass is 10.0. The zero-order valence-electron chi connectivity index (χ0n) is 9.69. The van der Waals surface area contributed by atoms with Crippen molar-refractivity contribution in [1.82, 2.24) is 9.97 Å². The third-order valence-corrected chi connectivity index (χ3v) is 3.47. The number of aromatic nitrogens is 2. The number of hydrogen-bond acceptors (Lipinski definition) is 3. The number of nitrogens with one attached hydrogen (secondary N) is 1. The number of hydrogen-bond donors (Lipinski definition) is 1. The van der Waals surface area contributed by atoms with Gasteiger partial charge >= 0.3 is 0 Å². The molecule has 1 N–H and O–H groups in total. The Hall–Kier alpha value is -1.09. The molecule has 0 spiro atoms. The fraction of sp³-hybridized carbons (Fsp3) is 0.538. The van der Waals surface area contributed by atoms with Crippen LogP contribution in [-0.2, 0) is 0 Å². The maximum atomic E-state index is 6.03. The number of rotatable bonds is 3. The summed E-state index contributed by atoms with van der Waals surface area (Å²) in [4.78, 5) is 8.85. The molecule has 4 heteroatoms. The Morgan fingerprint density at radius 2 is 2.06 bits per heavy atom. The van der Waals surface area contributed by atoms with Crippen LogP contribution in [0, 0.1) is 0 Å². The largest absolute Gasteiger partial charge is 0.367 e. The van der Waals surface area contributed by atoms with E-state index in [9.17, 15) is 0 Å². The summed E-state index contributed by atoms with van der Waals surface area (Å²) in [5, 5.41) is 4.01. The fourth-order valence-electron chi connectivity index (χ4n) is 2.17. The number of anilines is 1. The summed E-state index contributed by atoms with van der Waals surface area (Å²) in [7, 11) is 0. The van der Waals surface area contributed by atoms with E-state index in [1.54, 1.807) is 0 Å². The molecule has 3 nitrogen and oxygen atoms in total. The van der Waals surface area contributed by atoms with Crippen LogP contribution in [0.1, 0.15) is 43.8 Å². The molecule has 2 aliphatic carbocycles. The topological polar surface area (TPSA) is 37.8 Å². The van der Waals surface area contributed by atoms with Gasteiger partial charge in [-0.2, -0.15) is 0 Å². The van der Waals surface area contributed by atoms with Crippen LogP contribution in [0.3, 0.4) is 0 Å². The molecule has 1 saturated carbocycles. The van der Waals surface area contributed by atoms with E-state index in [2.05, 4.69) is 27.4 Å². The summed E-state index contributed by atoms with van der Waals surface area (Å²) < 4.78 is 0. The number of halogens is 1. The Morgan fingerprint density at radius 3 is 2.76 bits per heavy atom. The summed E-state index contributed by atoms with van der Waals surface area (Å²) in [6.45, 7) is 0. The van der Waals surface area contributed by atoms with Crippen molar-refractivity contribution in [2.24, 2.45) is 0 Å². The van der Waals surface area contributed by atoms with Gasteiger partial charge in [0.2, 0.25) is 0 Å². The summed E-state index contributed by atoms with van der Waals surface area (Å²) in [5.41, 5.74) is 0. The van der Waals surface area contributed by atoms with Crippen molar-refractivity contribution in [3.05, 3.63) is 29.2 Å². The normalized spacial score (nSPS) is 23.7. The van der Waals surface area contributed by atoms with Crippen LogP contribution < -0.4 is 5.32 Å². The molecule has 2 aliphatic rings. The highest BCUT2D eigenvalue weighted by atomic mass is 35.5. The van der Waals surface area contributed by atoms with Gasteiger partial charge in [0.15, 0.2) is 0 Å². The van der Waals surface area contributed by atoms with Crippen LogP contribution in [0.2, 0.25) is 5.15 Å². The molecule has 17 heavy (non-hydrogen) atoms. The van der Waals surface area contributed by atoms with Gasteiger partial charge in [0.05, 0.1) is 0 Å². The molecule has 1 aromatic rings. The quantitative estimate of drug-likeness (QED) is 0.658. The standard InChI is InChI=1S/C13H16ClN3/c14-11-8-12(15-10-4-2-1-3-5-10)17-13(16-11)9-6-7-9/h1-2,8-10H,3-7H2,(H,15,16,17). The first kappa shape index (κ1) is 11.0. The van der Waals surface area contributed by atoms with Gasteiger partial charge in [-0.25, -0.2) is 9.97 Å². The molecule has 0 amide bonds. The molecule has 0 saturated heterocycles. The Balaban J connectivity index is 1.75. The minimum absolute atomic E-state index is 0.484. The molecule has 90 valence electrons. The van der Waals surface area contributed by atoms with Crippen LogP contribution in [0.4, 0.5) is 5.82 Å². The third kappa shape index (κ3) is 2.78. The van der Waals surface area contributed by atoms with Crippen LogP contribution in [0.15, 0.2) is 18.2 Å². The van der Waals surface area contributed by atoms with Gasteiger partial charge in [0, 0.05) is 18.0 Å². The van der Waals surface area contributed by atoms with Gasteiger partial charge in [0.1, 0.15) is 16.8 Å². The zero-order chi connectivity index (χ0) is 11.7. The maximum absolute atomic E-state index is 6.03. The van der Waals surface area contributed by atoms with E-state index in [4.69, 9.17) is 11.6 Å². The van der Waals surface area contributed by atoms with Crippen LogP contribution in [0.5, 0.6) is 0 Å². The van der Waals surface area contributed by atoms with Crippen molar-refractivity contribution < 1.29 is 0 Å². The van der Waals surface area contributed by atoms with Gasteiger partial charge in [-0.3, -0.25) is 0 Å². The second-order valence-electron chi connectivity index (χ2n) is 4.83. The van der Waals surface area contributed by atoms with Crippen molar-refractivity contribution in [2.45, 2.75) is 44.1 Å². The van der Waals surface area contributed by atoms with E-state index in [-0.39, 0.29) is 0 Å². The van der Waals surface area contributed by atoms with Gasteiger partial charge in [-0.05, 0) is 32.1 Å². The highest BCUT2D eigenvalue weighted by molar-refractivity contribution is 6.29. The molecule has 0 aromatic carbocycles. The summed E-state index contributed by atoms with van der Waals surface area (Å²) in [5.74, 6) is 2.33. The Morgan fingerprint density at radius 1 is 1.18 bits per heavy atom. The molecular formula is C13H16ClN3. The van der Waals surface area contributed by atoms with E-state index >= 15 is 0 Å². The van der Waals surface area contributed by atoms with Gasteiger partial charge in [0.25, 0.3) is 0 Å². The zero-order valence-corrected chi connectivity index (χ0v) is 10.5. The lowest BCUT2D eigenvalue weighted by molar-refractivity contribution is 0.641. The third-order valence-electron chi connectivity index (χ3n) is 3.28. The molecule has 0 bridgehead atoms. The van der Waals surface area contributed by atoms with E-state index in [1.807, 2.05) is 6.07 Å². The fourth-order valence-corrected chi connectivity index (χ4v) is 2.36. The summed E-state index contributed by atoms with van der Waals surface area (Å²) in [6, 6.07) is 2.31. The summed E-state index contributed by atoms with van der Waals surface area (Å²) >= 11 is 6.03. The average Bonchev–Trinajstić information content (AvgIpc) is 3.13. The molecule has 1 heterocycles. The van der Waals surface area contributed by atoms with Crippen molar-refractivity contribution in [3.8, 4) is 0 Å². The number of nitrogens with zero attached hydrogens (tertiary/aromatic N) is 2. The first-order valence-electron chi connectivity index (χ1n) is 6.27. The van der Waals surface area contributed by atoms with Crippen molar-refractivity contribution in [1.29, 1.82) is 0 Å². The molecule has 3 rings (SSSR count). The lowest BCUT2D eigenvalue weighted by Gasteiger charge is -2.20.